The maximum atomic E-state index is 11.5. The molecule has 2 bridgehead atoms. The summed E-state index contributed by atoms with van der Waals surface area (Å²) in [6.45, 7) is 14.8. The summed E-state index contributed by atoms with van der Waals surface area (Å²) in [6.07, 6.45) is 13.5. The Morgan fingerprint density at radius 2 is 1.76 bits per heavy atom. The maximum absolute atomic E-state index is 11.5. The second kappa shape index (κ2) is 15.6. The third kappa shape index (κ3) is 9.18. The van der Waals surface area contributed by atoms with Gasteiger partial charge >= 0.3 is 0 Å². The second-order valence-corrected chi connectivity index (χ2v) is 11.3. The lowest BCUT2D eigenvalue weighted by Gasteiger charge is -2.42. The number of nitrogens with zero attached hydrogens (tertiary/aromatic N) is 5. The number of unbranched alkanes of at least 4 members (excludes halogenated alkanes) is 3. The Bertz CT molecular complexity index is 775. The van der Waals surface area contributed by atoms with Crippen LogP contribution in [0.1, 0.15) is 90.5 Å². The lowest BCUT2D eigenvalue weighted by molar-refractivity contribution is -0.125. The largest absolute Gasteiger partial charge is 0.372 e. The lowest BCUT2D eigenvalue weighted by atomic mass is 9.95. The van der Waals surface area contributed by atoms with Gasteiger partial charge in [0.2, 0.25) is 11.9 Å². The normalized spacial score (nSPS) is 20.7. The highest BCUT2D eigenvalue weighted by Crippen LogP contribution is 2.34. The van der Waals surface area contributed by atoms with Crippen LogP contribution in [0.3, 0.4) is 0 Å². The highest BCUT2D eigenvalue weighted by atomic mass is 16.5. The molecule has 2 aliphatic rings. The van der Waals surface area contributed by atoms with E-state index < -0.39 is 0 Å². The fourth-order valence-corrected chi connectivity index (χ4v) is 5.79. The topological polar surface area (TPSA) is 73.8 Å². The fourth-order valence-electron chi connectivity index (χ4n) is 5.79. The van der Waals surface area contributed by atoms with E-state index in [1.54, 1.807) is 0 Å². The SMILES string of the molecule is CCOCC(=O)NCCCCCCN(C)CCC(CC)c1cnc(N2C3CCC2CN(C(C)C)C3)nc1. The molecule has 3 unspecified atom stereocenters. The van der Waals surface area contributed by atoms with Crippen molar-refractivity contribution in [1.82, 2.24) is 25.1 Å². The molecule has 1 N–H and O–H groups in total. The Morgan fingerprint density at radius 1 is 1.08 bits per heavy atom. The Morgan fingerprint density at radius 3 is 2.38 bits per heavy atom. The summed E-state index contributed by atoms with van der Waals surface area (Å²) in [5, 5.41) is 2.92. The summed E-state index contributed by atoms with van der Waals surface area (Å²) in [5.74, 6) is 1.43. The fraction of sp³-hybridized carbons (Fsp3) is 0.828. The first-order valence-corrected chi connectivity index (χ1v) is 14.8. The average Bonchev–Trinajstić information content (AvgIpc) is 3.16. The molecule has 3 atom stereocenters. The van der Waals surface area contributed by atoms with Crippen molar-refractivity contribution in [1.29, 1.82) is 0 Å². The van der Waals surface area contributed by atoms with Crippen molar-refractivity contribution in [3.05, 3.63) is 18.0 Å². The van der Waals surface area contributed by atoms with Gasteiger partial charge in [0.25, 0.3) is 0 Å². The van der Waals surface area contributed by atoms with E-state index in [-0.39, 0.29) is 12.5 Å². The summed E-state index contributed by atoms with van der Waals surface area (Å²) < 4.78 is 5.12. The molecule has 1 aromatic rings. The number of hydrogen-bond donors (Lipinski definition) is 1. The first-order valence-electron chi connectivity index (χ1n) is 14.8. The van der Waals surface area contributed by atoms with Gasteiger partial charge in [0.15, 0.2) is 0 Å². The van der Waals surface area contributed by atoms with Crippen molar-refractivity contribution < 1.29 is 9.53 Å². The van der Waals surface area contributed by atoms with Crippen LogP contribution in [-0.4, -0.2) is 96.8 Å². The van der Waals surface area contributed by atoms with Crippen LogP contribution in [0.5, 0.6) is 0 Å². The van der Waals surface area contributed by atoms with Crippen LogP contribution in [0.25, 0.3) is 0 Å². The quantitative estimate of drug-likeness (QED) is 0.313. The molecule has 2 saturated heterocycles. The van der Waals surface area contributed by atoms with Crippen LogP contribution < -0.4 is 10.2 Å². The predicted molar refractivity (Wildman–Crippen MR) is 151 cm³/mol. The number of hydrogen-bond acceptors (Lipinski definition) is 7. The Kier molecular flexibility index (Phi) is 12.6. The van der Waals surface area contributed by atoms with Gasteiger partial charge in [-0.25, -0.2) is 9.97 Å². The minimum absolute atomic E-state index is 0.0105. The summed E-state index contributed by atoms with van der Waals surface area (Å²) in [7, 11) is 2.23. The van der Waals surface area contributed by atoms with Gasteiger partial charge in [-0.2, -0.15) is 0 Å². The molecule has 0 aromatic carbocycles. The number of nitrogens with one attached hydrogen (secondary N) is 1. The molecular weight excluding hydrogens is 464 g/mol. The van der Waals surface area contributed by atoms with Gasteiger partial charge in [-0.1, -0.05) is 19.8 Å². The van der Waals surface area contributed by atoms with Gasteiger partial charge in [0, 0.05) is 56.8 Å². The van der Waals surface area contributed by atoms with Crippen LogP contribution in [0.4, 0.5) is 5.95 Å². The zero-order chi connectivity index (χ0) is 26.6. The van der Waals surface area contributed by atoms with Gasteiger partial charge in [-0.05, 0) is 90.9 Å². The van der Waals surface area contributed by atoms with Crippen molar-refractivity contribution >= 4 is 11.9 Å². The van der Waals surface area contributed by atoms with Crippen LogP contribution in [0.2, 0.25) is 0 Å². The molecule has 37 heavy (non-hydrogen) atoms. The van der Waals surface area contributed by atoms with E-state index in [9.17, 15) is 4.79 Å². The number of carbonyl (C=O) groups excluding carboxylic acids is 1. The third-order valence-corrected chi connectivity index (χ3v) is 8.18. The molecule has 0 spiro atoms. The standard InChI is InChI=1S/C29H52N6O2/c1-6-24(14-17-33(5)16-11-9-8-10-15-30-28(36)22-37-7-2)25-18-31-29(32-19-25)35-26-12-13-27(35)21-34(20-26)23(3)4/h18-19,23-24,26-27H,6-17,20-22H2,1-5H3,(H,30,36). The van der Waals surface area contributed by atoms with Gasteiger partial charge in [-0.15, -0.1) is 0 Å². The van der Waals surface area contributed by atoms with Gasteiger partial charge in [-0.3, -0.25) is 9.69 Å². The van der Waals surface area contributed by atoms with Crippen molar-refractivity contribution in [2.75, 3.05) is 57.9 Å². The van der Waals surface area contributed by atoms with Crippen molar-refractivity contribution in [3.8, 4) is 0 Å². The monoisotopic (exact) mass is 516 g/mol. The Hall–Kier alpha value is -1.77. The van der Waals surface area contributed by atoms with Gasteiger partial charge < -0.3 is 19.9 Å². The second-order valence-electron chi connectivity index (χ2n) is 11.3. The minimum atomic E-state index is -0.0105. The summed E-state index contributed by atoms with van der Waals surface area (Å²) in [4.78, 5) is 28.8. The molecule has 2 aliphatic heterocycles. The van der Waals surface area contributed by atoms with Crippen LogP contribution in [-0.2, 0) is 9.53 Å². The van der Waals surface area contributed by atoms with Crippen LogP contribution in [0.15, 0.2) is 12.4 Å². The molecule has 0 radical (unpaired) electrons. The molecule has 2 fully saturated rings. The number of likely N-dealkylation sites (tertiary alicyclic amines) is 1. The highest BCUT2D eigenvalue weighted by Gasteiger charge is 2.41. The predicted octanol–water partition coefficient (Wildman–Crippen LogP) is 4.07. The van der Waals surface area contributed by atoms with E-state index in [0.717, 1.165) is 64.4 Å². The van der Waals surface area contributed by atoms with Gasteiger partial charge in [0.1, 0.15) is 6.61 Å². The number of piperazine rings is 1. The van der Waals surface area contributed by atoms with Gasteiger partial charge in [0.05, 0.1) is 0 Å². The summed E-state index contributed by atoms with van der Waals surface area (Å²) in [6, 6.07) is 1.73. The van der Waals surface area contributed by atoms with Crippen molar-refractivity contribution in [2.24, 2.45) is 0 Å². The molecule has 0 aliphatic carbocycles. The molecule has 1 aromatic heterocycles. The van der Waals surface area contributed by atoms with Crippen LogP contribution in [0, 0.1) is 0 Å². The van der Waals surface area contributed by atoms with E-state index in [1.807, 2.05) is 6.92 Å². The molecule has 3 heterocycles. The number of rotatable bonds is 17. The van der Waals surface area contributed by atoms with E-state index in [0.29, 0.717) is 30.7 Å². The maximum Gasteiger partial charge on any atom is 0.245 e. The molecule has 210 valence electrons. The van der Waals surface area contributed by atoms with Crippen molar-refractivity contribution in [2.45, 2.75) is 103 Å². The lowest BCUT2D eigenvalue weighted by Crippen LogP contribution is -2.56. The molecule has 0 saturated carbocycles. The van der Waals surface area contributed by atoms with E-state index in [1.165, 1.54) is 31.2 Å². The molecular formula is C29H52N6O2. The zero-order valence-electron chi connectivity index (χ0n) is 24.1. The number of amides is 1. The molecule has 1 amide bonds. The molecule has 3 rings (SSSR count). The minimum Gasteiger partial charge on any atom is -0.372 e. The Labute approximate surface area is 225 Å². The number of anilines is 1. The number of carbonyl (C=O) groups is 1. The Balaban J connectivity index is 1.34. The first-order chi connectivity index (χ1) is 17.9. The van der Waals surface area contributed by atoms with E-state index in [4.69, 9.17) is 14.7 Å². The number of aromatic nitrogens is 2. The number of ether oxygens (including phenoxy) is 1. The van der Waals surface area contributed by atoms with E-state index >= 15 is 0 Å². The zero-order valence-corrected chi connectivity index (χ0v) is 24.1. The third-order valence-electron chi connectivity index (χ3n) is 8.18. The molecule has 8 heteroatoms. The average molecular weight is 517 g/mol. The summed E-state index contributed by atoms with van der Waals surface area (Å²) >= 11 is 0. The van der Waals surface area contributed by atoms with E-state index in [2.05, 4.69) is 60.2 Å². The highest BCUT2D eigenvalue weighted by molar-refractivity contribution is 5.77. The smallest absolute Gasteiger partial charge is 0.245 e. The van der Waals surface area contributed by atoms with Crippen LogP contribution >= 0.6 is 0 Å². The number of fused-ring (bicyclic) bond motifs is 2. The summed E-state index contributed by atoms with van der Waals surface area (Å²) in [5.41, 5.74) is 1.28. The molecule has 8 nitrogen and oxygen atoms in total. The van der Waals surface area contributed by atoms with Crippen molar-refractivity contribution in [3.63, 3.8) is 0 Å². The first kappa shape index (κ1) is 29.8.